The molecule has 1 N–H and O–H groups in total. The van der Waals surface area contributed by atoms with Crippen molar-refractivity contribution in [2.75, 3.05) is 7.11 Å². The minimum Gasteiger partial charge on any atom is -0.467 e. The molecule has 0 saturated heterocycles. The lowest BCUT2D eigenvalue weighted by Gasteiger charge is -2.11. The molecule has 1 atom stereocenters. The van der Waals surface area contributed by atoms with E-state index >= 15 is 0 Å². The molecule has 0 amide bonds. The highest BCUT2D eigenvalue weighted by atomic mass is 19.2. The molecule has 0 bridgehead atoms. The first-order valence-electron chi connectivity index (χ1n) is 3.99. The van der Waals surface area contributed by atoms with Gasteiger partial charge in [0.2, 0.25) is 0 Å². The maximum atomic E-state index is 13.0. The molecule has 0 saturated carbocycles. The Morgan fingerprint density at radius 1 is 1.25 bits per heavy atom. The van der Waals surface area contributed by atoms with Gasteiger partial charge in [-0.2, -0.15) is 0 Å². The molecule has 1 aromatic carbocycles. The van der Waals surface area contributed by atoms with Crippen LogP contribution in [0.1, 0.15) is 11.7 Å². The second-order valence-electron chi connectivity index (χ2n) is 2.81. The van der Waals surface area contributed by atoms with Crippen LogP contribution in [0.2, 0.25) is 0 Å². The van der Waals surface area contributed by atoms with Crippen molar-refractivity contribution in [1.82, 2.24) is 0 Å². The second kappa shape index (κ2) is 4.48. The van der Waals surface area contributed by atoms with E-state index in [9.17, 15) is 22.4 Å². The fourth-order valence-corrected chi connectivity index (χ4v) is 1.06. The topological polar surface area (TPSA) is 46.5 Å². The van der Waals surface area contributed by atoms with Crippen molar-refractivity contribution in [3.05, 3.63) is 34.9 Å². The van der Waals surface area contributed by atoms with Gasteiger partial charge in [0.25, 0.3) is 0 Å². The van der Waals surface area contributed by atoms with Gasteiger partial charge in [0.05, 0.1) is 12.7 Å². The summed E-state index contributed by atoms with van der Waals surface area (Å²) in [5, 5.41) is 9.11. The lowest BCUT2D eigenvalue weighted by molar-refractivity contribution is -0.151. The first-order chi connectivity index (χ1) is 7.40. The third-order valence-corrected chi connectivity index (χ3v) is 1.84. The van der Waals surface area contributed by atoms with Crippen LogP contribution in [0.15, 0.2) is 6.07 Å². The second-order valence-corrected chi connectivity index (χ2v) is 2.81. The van der Waals surface area contributed by atoms with Crippen LogP contribution in [-0.4, -0.2) is 18.2 Å². The maximum Gasteiger partial charge on any atom is 0.339 e. The lowest BCUT2D eigenvalue weighted by Crippen LogP contribution is -2.18. The summed E-state index contributed by atoms with van der Waals surface area (Å²) in [6.07, 6.45) is -2.42. The number of aliphatic hydroxyl groups excluding tert-OH is 1. The van der Waals surface area contributed by atoms with E-state index in [0.29, 0.717) is 0 Å². The van der Waals surface area contributed by atoms with Crippen molar-refractivity contribution < 1.29 is 32.2 Å². The van der Waals surface area contributed by atoms with E-state index in [-0.39, 0.29) is 6.07 Å². The molecule has 0 fully saturated rings. The van der Waals surface area contributed by atoms with Crippen molar-refractivity contribution in [1.29, 1.82) is 0 Å². The predicted molar refractivity (Wildman–Crippen MR) is 43.2 cm³/mol. The van der Waals surface area contributed by atoms with Gasteiger partial charge in [-0.1, -0.05) is 0 Å². The Kier molecular flexibility index (Phi) is 3.48. The summed E-state index contributed by atoms with van der Waals surface area (Å²) in [6, 6.07) is -0.0296. The Hall–Kier alpha value is -1.63. The number of ether oxygens (including phenoxy) is 1. The van der Waals surface area contributed by atoms with E-state index in [2.05, 4.69) is 4.74 Å². The first kappa shape index (κ1) is 12.4. The smallest absolute Gasteiger partial charge is 0.339 e. The molecule has 0 aliphatic rings. The van der Waals surface area contributed by atoms with Crippen molar-refractivity contribution in [3.8, 4) is 0 Å². The van der Waals surface area contributed by atoms with Crippen LogP contribution >= 0.6 is 0 Å². The van der Waals surface area contributed by atoms with E-state index in [4.69, 9.17) is 5.11 Å². The van der Waals surface area contributed by atoms with Crippen molar-refractivity contribution >= 4 is 5.97 Å². The molecule has 0 radical (unpaired) electrons. The van der Waals surface area contributed by atoms with E-state index in [1.165, 1.54) is 0 Å². The highest BCUT2D eigenvalue weighted by Gasteiger charge is 2.29. The summed E-state index contributed by atoms with van der Waals surface area (Å²) in [4.78, 5) is 10.8. The Balaban J connectivity index is 3.37. The van der Waals surface area contributed by atoms with E-state index in [1.54, 1.807) is 0 Å². The molecular weight excluding hydrogens is 232 g/mol. The zero-order chi connectivity index (χ0) is 12.5. The number of carbonyl (C=O) groups is 1. The van der Waals surface area contributed by atoms with Crippen LogP contribution in [0.4, 0.5) is 17.6 Å². The van der Waals surface area contributed by atoms with E-state index in [1.807, 2.05) is 0 Å². The van der Waals surface area contributed by atoms with Gasteiger partial charge < -0.3 is 9.84 Å². The van der Waals surface area contributed by atoms with E-state index < -0.39 is 40.9 Å². The number of halogens is 4. The summed E-state index contributed by atoms with van der Waals surface area (Å²) in [5.41, 5.74) is -1.41. The number of hydrogen-bond donors (Lipinski definition) is 1. The molecule has 0 aliphatic carbocycles. The third-order valence-electron chi connectivity index (χ3n) is 1.84. The molecule has 0 spiro atoms. The zero-order valence-corrected chi connectivity index (χ0v) is 7.93. The largest absolute Gasteiger partial charge is 0.467 e. The SMILES string of the molecule is COC(=O)C(O)c1c(F)c(F)cc(F)c1F. The molecule has 16 heavy (non-hydrogen) atoms. The number of esters is 1. The monoisotopic (exact) mass is 238 g/mol. The summed E-state index contributed by atoms with van der Waals surface area (Å²) >= 11 is 0. The first-order valence-corrected chi connectivity index (χ1v) is 3.99. The lowest BCUT2D eigenvalue weighted by atomic mass is 10.1. The third kappa shape index (κ3) is 1.99. The van der Waals surface area contributed by atoms with Gasteiger partial charge in [0, 0.05) is 6.07 Å². The number of carbonyl (C=O) groups excluding carboxylic acids is 1. The van der Waals surface area contributed by atoms with Crippen molar-refractivity contribution in [3.63, 3.8) is 0 Å². The number of rotatable bonds is 2. The van der Waals surface area contributed by atoms with Gasteiger partial charge >= 0.3 is 5.97 Å². The van der Waals surface area contributed by atoms with Gasteiger partial charge in [0.15, 0.2) is 29.4 Å². The Morgan fingerprint density at radius 3 is 2.06 bits per heavy atom. The molecule has 0 heterocycles. The Labute approximate surface area is 87.3 Å². The van der Waals surface area contributed by atoms with Crippen molar-refractivity contribution in [2.24, 2.45) is 0 Å². The zero-order valence-electron chi connectivity index (χ0n) is 7.93. The average Bonchev–Trinajstić information content (AvgIpc) is 2.25. The predicted octanol–water partition coefficient (Wildman–Crippen LogP) is 1.45. The van der Waals surface area contributed by atoms with Crippen LogP contribution < -0.4 is 0 Å². The fourth-order valence-electron chi connectivity index (χ4n) is 1.06. The van der Waals surface area contributed by atoms with Gasteiger partial charge in [-0.05, 0) is 0 Å². The van der Waals surface area contributed by atoms with Gasteiger partial charge in [0.1, 0.15) is 0 Å². The number of hydrogen-bond acceptors (Lipinski definition) is 3. The molecular formula is C9H6F4O3. The molecule has 3 nitrogen and oxygen atoms in total. The van der Waals surface area contributed by atoms with Gasteiger partial charge in [-0.25, -0.2) is 22.4 Å². The number of aliphatic hydroxyl groups is 1. The quantitative estimate of drug-likeness (QED) is 0.482. The fraction of sp³-hybridized carbons (Fsp3) is 0.222. The van der Waals surface area contributed by atoms with Crippen molar-refractivity contribution in [2.45, 2.75) is 6.10 Å². The number of benzene rings is 1. The standard InChI is InChI=1S/C9H6F4O3/c1-16-9(15)8(14)5-6(12)3(10)2-4(11)7(5)13/h2,8,14H,1H3. The number of methoxy groups -OCH3 is 1. The van der Waals surface area contributed by atoms with Gasteiger partial charge in [-0.3, -0.25) is 0 Å². The maximum absolute atomic E-state index is 13.0. The van der Waals surface area contributed by atoms with Crippen LogP contribution in [0.25, 0.3) is 0 Å². The van der Waals surface area contributed by atoms with Crippen LogP contribution in [-0.2, 0) is 9.53 Å². The van der Waals surface area contributed by atoms with Crippen LogP contribution in [0, 0.1) is 23.3 Å². The molecule has 7 heteroatoms. The van der Waals surface area contributed by atoms with Crippen LogP contribution in [0.5, 0.6) is 0 Å². The molecule has 1 unspecified atom stereocenters. The molecule has 0 aromatic heterocycles. The molecule has 88 valence electrons. The normalized spacial score (nSPS) is 12.4. The highest BCUT2D eigenvalue weighted by Crippen LogP contribution is 2.25. The Morgan fingerprint density at radius 2 is 1.69 bits per heavy atom. The minimum atomic E-state index is -2.42. The highest BCUT2D eigenvalue weighted by molar-refractivity contribution is 5.76. The summed E-state index contributed by atoms with van der Waals surface area (Å²) in [7, 11) is 0.844. The average molecular weight is 238 g/mol. The van der Waals surface area contributed by atoms with E-state index in [0.717, 1.165) is 7.11 Å². The molecule has 1 rings (SSSR count). The summed E-state index contributed by atoms with van der Waals surface area (Å²) < 4.78 is 55.5. The van der Waals surface area contributed by atoms with Gasteiger partial charge in [-0.15, -0.1) is 0 Å². The summed E-state index contributed by atoms with van der Waals surface area (Å²) in [6.45, 7) is 0. The Bertz CT molecular complexity index is 407. The minimum absolute atomic E-state index is 0.0296. The van der Waals surface area contributed by atoms with Crippen LogP contribution in [0.3, 0.4) is 0 Å². The molecule has 0 aliphatic heterocycles. The summed E-state index contributed by atoms with van der Waals surface area (Å²) in [5.74, 6) is -8.52. The molecule has 1 aromatic rings.